The molecule has 2 aliphatic rings. The second kappa shape index (κ2) is 1.50. The van der Waals surface area contributed by atoms with Crippen LogP contribution >= 0.6 is 0 Å². The summed E-state index contributed by atoms with van der Waals surface area (Å²) in [5, 5.41) is 0. The lowest BCUT2D eigenvalue weighted by Gasteiger charge is -2.25. The van der Waals surface area contributed by atoms with Gasteiger partial charge in [0, 0.05) is 12.3 Å². The Kier molecular flexibility index (Phi) is 0.945. The molecule has 9 heavy (non-hydrogen) atoms. The molecule has 52 valence electrons. The maximum atomic E-state index is 5.53. The first-order valence-electron chi connectivity index (χ1n) is 3.51. The van der Waals surface area contributed by atoms with E-state index in [9.17, 15) is 0 Å². The molecule has 0 saturated carbocycles. The molecule has 0 radical (unpaired) electrons. The third-order valence-corrected chi connectivity index (χ3v) is 2.33. The maximum Gasteiger partial charge on any atom is 0.166 e. The summed E-state index contributed by atoms with van der Waals surface area (Å²) in [7, 11) is 0. The number of rotatable bonds is 0. The molecule has 0 amide bonds. The number of fused-ring (bicyclic) bond motifs is 2. The zero-order valence-corrected chi connectivity index (χ0v) is 5.89. The highest BCUT2D eigenvalue weighted by molar-refractivity contribution is 4.88. The minimum absolute atomic E-state index is 0.218. The van der Waals surface area contributed by atoms with Gasteiger partial charge in [-0.05, 0) is 13.8 Å². The first kappa shape index (κ1) is 5.69. The van der Waals surface area contributed by atoms with E-state index < -0.39 is 0 Å². The summed E-state index contributed by atoms with van der Waals surface area (Å²) in [6.45, 7) is 5.05. The quantitative estimate of drug-likeness (QED) is 0.487. The Morgan fingerprint density at radius 1 is 1.56 bits per heavy atom. The fraction of sp³-hybridized carbons (Fsp3) is 1.00. The van der Waals surface area contributed by atoms with Crippen molar-refractivity contribution in [3.63, 3.8) is 0 Å². The number of ether oxygens (including phenoxy) is 2. The average molecular weight is 128 g/mol. The Morgan fingerprint density at radius 2 is 2.33 bits per heavy atom. The van der Waals surface area contributed by atoms with Crippen LogP contribution < -0.4 is 0 Å². The molecule has 2 nitrogen and oxygen atoms in total. The third-order valence-electron chi connectivity index (χ3n) is 2.33. The van der Waals surface area contributed by atoms with Crippen molar-refractivity contribution in [3.05, 3.63) is 0 Å². The Hall–Kier alpha value is -0.0800. The lowest BCUT2D eigenvalue weighted by atomic mass is 10.0. The zero-order valence-electron chi connectivity index (χ0n) is 5.89. The average Bonchev–Trinajstić information content (AvgIpc) is 2.20. The fourth-order valence-electron chi connectivity index (χ4n) is 1.75. The second-order valence-electron chi connectivity index (χ2n) is 3.23. The molecule has 2 rings (SSSR count). The molecule has 2 bridgehead atoms. The van der Waals surface area contributed by atoms with Crippen LogP contribution in [0.3, 0.4) is 0 Å². The molecule has 0 aliphatic carbocycles. The van der Waals surface area contributed by atoms with Crippen LogP contribution in [-0.2, 0) is 9.47 Å². The van der Waals surface area contributed by atoms with Gasteiger partial charge >= 0.3 is 0 Å². The van der Waals surface area contributed by atoms with Crippen LogP contribution in [0.2, 0.25) is 0 Å². The van der Waals surface area contributed by atoms with Crippen molar-refractivity contribution < 1.29 is 9.47 Å². The lowest BCUT2D eigenvalue weighted by molar-refractivity contribution is -0.225. The van der Waals surface area contributed by atoms with Gasteiger partial charge in [0.1, 0.15) is 0 Å². The van der Waals surface area contributed by atoms with Crippen molar-refractivity contribution in [2.24, 2.45) is 5.92 Å². The highest BCUT2D eigenvalue weighted by Crippen LogP contribution is 2.42. The highest BCUT2D eigenvalue weighted by Gasteiger charge is 2.48. The van der Waals surface area contributed by atoms with Crippen LogP contribution in [0, 0.1) is 5.92 Å². The van der Waals surface area contributed by atoms with Gasteiger partial charge in [0.25, 0.3) is 0 Å². The van der Waals surface area contributed by atoms with Crippen molar-refractivity contribution in [2.75, 3.05) is 6.61 Å². The topological polar surface area (TPSA) is 18.5 Å². The van der Waals surface area contributed by atoms with Gasteiger partial charge in [-0.1, -0.05) is 0 Å². The summed E-state index contributed by atoms with van der Waals surface area (Å²) in [6, 6.07) is 0. The Morgan fingerprint density at radius 3 is 2.56 bits per heavy atom. The first-order chi connectivity index (χ1) is 4.20. The van der Waals surface area contributed by atoms with Crippen molar-refractivity contribution in [2.45, 2.75) is 32.2 Å². The first-order valence-corrected chi connectivity index (χ1v) is 3.51. The van der Waals surface area contributed by atoms with Crippen molar-refractivity contribution >= 4 is 0 Å². The van der Waals surface area contributed by atoms with E-state index in [-0.39, 0.29) is 5.79 Å². The summed E-state index contributed by atoms with van der Waals surface area (Å²) < 4.78 is 10.9. The van der Waals surface area contributed by atoms with Crippen LogP contribution in [0.5, 0.6) is 0 Å². The van der Waals surface area contributed by atoms with Gasteiger partial charge in [0.05, 0.1) is 12.7 Å². The predicted molar refractivity (Wildman–Crippen MR) is 33.0 cm³/mol. The van der Waals surface area contributed by atoms with Crippen molar-refractivity contribution in [3.8, 4) is 0 Å². The number of hydrogen-bond donors (Lipinski definition) is 0. The minimum Gasteiger partial charge on any atom is -0.350 e. The highest BCUT2D eigenvalue weighted by atomic mass is 16.7. The second-order valence-corrected chi connectivity index (χ2v) is 3.23. The molecule has 2 heterocycles. The van der Waals surface area contributed by atoms with E-state index in [1.165, 1.54) is 0 Å². The van der Waals surface area contributed by atoms with Crippen molar-refractivity contribution in [1.82, 2.24) is 0 Å². The van der Waals surface area contributed by atoms with E-state index in [0.29, 0.717) is 12.0 Å². The maximum absolute atomic E-state index is 5.53. The Bertz CT molecular complexity index is 131. The van der Waals surface area contributed by atoms with Gasteiger partial charge in [-0.2, -0.15) is 0 Å². The molecule has 2 heteroatoms. The summed E-state index contributed by atoms with van der Waals surface area (Å²) >= 11 is 0. The SMILES string of the molecule is C[C@@H]1O[C@@]2(C)C[C@@H]1CO2. The van der Waals surface area contributed by atoms with Crippen LogP contribution in [0.15, 0.2) is 0 Å². The predicted octanol–water partition coefficient (Wildman–Crippen LogP) is 1.16. The molecule has 0 aromatic heterocycles. The van der Waals surface area contributed by atoms with Gasteiger partial charge in [-0.25, -0.2) is 0 Å². The van der Waals surface area contributed by atoms with E-state index in [2.05, 4.69) is 6.92 Å². The molecule has 2 saturated heterocycles. The van der Waals surface area contributed by atoms with Crippen LogP contribution in [0.25, 0.3) is 0 Å². The van der Waals surface area contributed by atoms with Gasteiger partial charge in [0.2, 0.25) is 0 Å². The van der Waals surface area contributed by atoms with Crippen LogP contribution in [0.1, 0.15) is 20.3 Å². The van der Waals surface area contributed by atoms with Crippen LogP contribution in [0.4, 0.5) is 0 Å². The Labute approximate surface area is 55.1 Å². The molecule has 0 spiro atoms. The fourth-order valence-corrected chi connectivity index (χ4v) is 1.75. The van der Waals surface area contributed by atoms with Crippen LogP contribution in [-0.4, -0.2) is 18.5 Å². The van der Waals surface area contributed by atoms with Gasteiger partial charge < -0.3 is 9.47 Å². The molecule has 2 fully saturated rings. The van der Waals surface area contributed by atoms with E-state index in [0.717, 1.165) is 13.0 Å². The normalized spacial score (nSPS) is 56.7. The molecular formula is C7H12O2. The minimum atomic E-state index is -0.218. The van der Waals surface area contributed by atoms with Gasteiger partial charge in [0.15, 0.2) is 5.79 Å². The molecule has 0 aromatic carbocycles. The standard InChI is InChI=1S/C7H12O2/c1-5-6-3-7(2,9-5)8-4-6/h5-6H,3-4H2,1-2H3/t5-,6+,7-/m0/s1. The molecular weight excluding hydrogens is 116 g/mol. The van der Waals surface area contributed by atoms with Crippen molar-refractivity contribution in [1.29, 1.82) is 0 Å². The van der Waals surface area contributed by atoms with Gasteiger partial charge in [-0.3, -0.25) is 0 Å². The van der Waals surface area contributed by atoms with Gasteiger partial charge in [-0.15, -0.1) is 0 Å². The lowest BCUT2D eigenvalue weighted by Crippen LogP contribution is -2.30. The third kappa shape index (κ3) is 0.700. The largest absolute Gasteiger partial charge is 0.350 e. The van der Waals surface area contributed by atoms with E-state index >= 15 is 0 Å². The Balaban J connectivity index is 2.19. The molecule has 3 atom stereocenters. The number of hydrogen-bond acceptors (Lipinski definition) is 2. The molecule has 0 N–H and O–H groups in total. The summed E-state index contributed by atoms with van der Waals surface area (Å²) in [6.07, 6.45) is 1.51. The smallest absolute Gasteiger partial charge is 0.166 e. The summed E-state index contributed by atoms with van der Waals surface area (Å²) in [4.78, 5) is 0. The monoisotopic (exact) mass is 128 g/mol. The summed E-state index contributed by atoms with van der Waals surface area (Å²) in [5.74, 6) is 0.444. The van der Waals surface area contributed by atoms with E-state index in [1.54, 1.807) is 0 Å². The summed E-state index contributed by atoms with van der Waals surface area (Å²) in [5.41, 5.74) is 0. The molecule has 0 unspecified atom stereocenters. The molecule has 0 aromatic rings. The van der Waals surface area contributed by atoms with E-state index in [1.807, 2.05) is 6.92 Å². The zero-order chi connectivity index (χ0) is 6.48. The molecule has 2 aliphatic heterocycles. The van der Waals surface area contributed by atoms with E-state index in [4.69, 9.17) is 9.47 Å².